The van der Waals surface area contributed by atoms with Gasteiger partial charge in [0.1, 0.15) is 13.2 Å². The van der Waals surface area contributed by atoms with Gasteiger partial charge in [0.2, 0.25) is 0 Å². The molecule has 0 aliphatic carbocycles. The summed E-state index contributed by atoms with van der Waals surface area (Å²) in [6, 6.07) is 0. The molecule has 0 heterocycles. The van der Waals surface area contributed by atoms with E-state index in [0.29, 0.717) is 19.3 Å². The minimum atomic E-state index is -0.763. The lowest BCUT2D eigenvalue weighted by atomic mass is 10.0. The molecule has 0 amide bonds. The van der Waals surface area contributed by atoms with Gasteiger partial charge >= 0.3 is 17.9 Å². The van der Waals surface area contributed by atoms with Gasteiger partial charge in [-0.05, 0) is 19.3 Å². The molecule has 0 aromatic carbocycles. The topological polar surface area (TPSA) is 78.9 Å². The van der Waals surface area contributed by atoms with Crippen molar-refractivity contribution in [2.45, 2.75) is 412 Å². The molecule has 0 spiro atoms. The van der Waals surface area contributed by atoms with Crippen LogP contribution in [0.4, 0.5) is 0 Å². The highest BCUT2D eigenvalue weighted by molar-refractivity contribution is 5.71. The first kappa shape index (κ1) is 73.4. The normalized spacial score (nSPS) is 11.9. The third kappa shape index (κ3) is 63.1. The fourth-order valence-corrected chi connectivity index (χ4v) is 10.9. The van der Waals surface area contributed by atoms with Crippen LogP contribution in [0.3, 0.4) is 0 Å². The zero-order valence-corrected chi connectivity index (χ0v) is 51.4. The lowest BCUT2D eigenvalue weighted by Gasteiger charge is -2.18. The van der Waals surface area contributed by atoms with Crippen LogP contribution in [0.5, 0.6) is 0 Å². The van der Waals surface area contributed by atoms with Gasteiger partial charge in [-0.3, -0.25) is 14.4 Å². The number of carbonyl (C=O) groups is 3. The molecule has 0 rings (SSSR count). The van der Waals surface area contributed by atoms with Crippen LogP contribution in [0.1, 0.15) is 406 Å². The standard InChI is InChI=1S/C69H134O6/c1-4-7-10-13-16-19-22-25-28-31-34-36-38-41-44-47-50-53-56-59-62-68(71)74-65-66(64-73-67(70)61-58-55-52-49-46-43-40-37-33-30-27-24-21-18-15-12-9-6-3)75-69(72)63-60-57-54-51-48-45-42-39-35-32-29-26-23-20-17-14-11-8-5-2/h66H,4-65H2,1-3H3. The third-order valence-electron chi connectivity index (χ3n) is 16.1. The summed E-state index contributed by atoms with van der Waals surface area (Å²) >= 11 is 0. The molecule has 0 fully saturated rings. The van der Waals surface area contributed by atoms with E-state index in [9.17, 15) is 14.4 Å². The SMILES string of the molecule is CCCCCCCCCCCCCCCCCCCCCCC(=O)OCC(COC(=O)CCCCCCCCCCCCCCCCCCCC)OC(=O)CCCCCCCCCCCCCCCCCCCCC. The van der Waals surface area contributed by atoms with Crippen LogP contribution in [-0.4, -0.2) is 37.2 Å². The molecule has 0 aromatic heterocycles. The number of hydrogen-bond acceptors (Lipinski definition) is 6. The fourth-order valence-electron chi connectivity index (χ4n) is 10.9. The van der Waals surface area contributed by atoms with Gasteiger partial charge in [-0.25, -0.2) is 0 Å². The van der Waals surface area contributed by atoms with E-state index in [2.05, 4.69) is 20.8 Å². The summed E-state index contributed by atoms with van der Waals surface area (Å²) in [6.07, 6.45) is 75.5. The van der Waals surface area contributed by atoms with Gasteiger partial charge in [0.05, 0.1) is 0 Å². The van der Waals surface area contributed by atoms with Gasteiger partial charge in [0.25, 0.3) is 0 Å². The Morgan fingerprint density at radius 2 is 0.360 bits per heavy atom. The second-order valence-electron chi connectivity index (χ2n) is 23.8. The lowest BCUT2D eigenvalue weighted by Crippen LogP contribution is -2.30. The van der Waals surface area contributed by atoms with Crippen molar-refractivity contribution in [3.8, 4) is 0 Å². The summed E-state index contributed by atoms with van der Waals surface area (Å²) in [5, 5.41) is 0. The summed E-state index contributed by atoms with van der Waals surface area (Å²) < 4.78 is 17.0. The van der Waals surface area contributed by atoms with Crippen LogP contribution in [0.15, 0.2) is 0 Å². The van der Waals surface area contributed by atoms with Gasteiger partial charge in [-0.2, -0.15) is 0 Å². The maximum Gasteiger partial charge on any atom is 0.306 e. The molecule has 0 aliphatic heterocycles. The maximum absolute atomic E-state index is 12.9. The van der Waals surface area contributed by atoms with Crippen molar-refractivity contribution < 1.29 is 28.6 Å². The Hall–Kier alpha value is -1.59. The molecule has 6 nitrogen and oxygen atoms in total. The minimum absolute atomic E-state index is 0.0601. The quantitative estimate of drug-likeness (QED) is 0.0343. The Morgan fingerprint density at radius 3 is 0.533 bits per heavy atom. The summed E-state index contributed by atoms with van der Waals surface area (Å²) in [4.78, 5) is 38.4. The second-order valence-corrected chi connectivity index (χ2v) is 23.8. The van der Waals surface area contributed by atoms with Gasteiger partial charge in [0, 0.05) is 19.3 Å². The van der Waals surface area contributed by atoms with Crippen molar-refractivity contribution in [2.24, 2.45) is 0 Å². The molecule has 0 aromatic rings. The Kier molecular flexibility index (Phi) is 63.6. The summed E-state index contributed by atoms with van der Waals surface area (Å²) in [6.45, 7) is 6.75. The number of esters is 3. The molecule has 446 valence electrons. The number of carbonyl (C=O) groups excluding carboxylic acids is 3. The van der Waals surface area contributed by atoms with E-state index in [0.717, 1.165) is 57.8 Å². The number of hydrogen-bond donors (Lipinski definition) is 0. The predicted octanol–water partition coefficient (Wildman–Crippen LogP) is 23.5. The van der Waals surface area contributed by atoms with Gasteiger partial charge in [-0.15, -0.1) is 0 Å². The highest BCUT2D eigenvalue weighted by Crippen LogP contribution is 2.19. The van der Waals surface area contributed by atoms with Crippen LogP contribution >= 0.6 is 0 Å². The van der Waals surface area contributed by atoms with Crippen molar-refractivity contribution in [2.75, 3.05) is 13.2 Å². The molecule has 1 unspecified atom stereocenters. The zero-order valence-electron chi connectivity index (χ0n) is 51.4. The van der Waals surface area contributed by atoms with E-state index in [-0.39, 0.29) is 31.1 Å². The average molecular weight is 1060 g/mol. The van der Waals surface area contributed by atoms with Crippen LogP contribution < -0.4 is 0 Å². The zero-order chi connectivity index (χ0) is 54.3. The largest absolute Gasteiger partial charge is 0.462 e. The smallest absolute Gasteiger partial charge is 0.306 e. The highest BCUT2D eigenvalue weighted by Gasteiger charge is 2.19. The molecular formula is C69H134O6. The van der Waals surface area contributed by atoms with Crippen molar-refractivity contribution in [1.82, 2.24) is 0 Å². The Bertz CT molecular complexity index is 1120. The van der Waals surface area contributed by atoms with Crippen LogP contribution in [0.2, 0.25) is 0 Å². The maximum atomic E-state index is 12.9. The van der Waals surface area contributed by atoms with E-state index in [1.807, 2.05) is 0 Å². The number of ether oxygens (including phenoxy) is 3. The summed E-state index contributed by atoms with van der Waals surface area (Å²) in [7, 11) is 0. The van der Waals surface area contributed by atoms with Gasteiger partial charge in [-0.1, -0.05) is 367 Å². The van der Waals surface area contributed by atoms with Crippen molar-refractivity contribution >= 4 is 17.9 Å². The van der Waals surface area contributed by atoms with Crippen LogP contribution in [-0.2, 0) is 28.6 Å². The van der Waals surface area contributed by atoms with E-state index < -0.39 is 6.10 Å². The number of unbranched alkanes of at least 4 members (excludes halogenated alkanes) is 54. The lowest BCUT2D eigenvalue weighted by molar-refractivity contribution is -0.167. The molecule has 0 aliphatic rings. The predicted molar refractivity (Wildman–Crippen MR) is 326 cm³/mol. The molecule has 6 heteroatoms. The first-order chi connectivity index (χ1) is 37.0. The van der Waals surface area contributed by atoms with Gasteiger partial charge < -0.3 is 14.2 Å². The van der Waals surface area contributed by atoms with Crippen molar-refractivity contribution in [1.29, 1.82) is 0 Å². The molecule has 0 N–H and O–H groups in total. The fraction of sp³-hybridized carbons (Fsp3) is 0.957. The van der Waals surface area contributed by atoms with Crippen molar-refractivity contribution in [3.63, 3.8) is 0 Å². The van der Waals surface area contributed by atoms with E-state index in [1.165, 1.54) is 308 Å². The van der Waals surface area contributed by atoms with Crippen LogP contribution in [0.25, 0.3) is 0 Å². The third-order valence-corrected chi connectivity index (χ3v) is 16.1. The van der Waals surface area contributed by atoms with E-state index in [1.54, 1.807) is 0 Å². The molecule has 75 heavy (non-hydrogen) atoms. The Balaban J connectivity index is 4.27. The average Bonchev–Trinajstić information content (AvgIpc) is 3.41. The summed E-state index contributed by atoms with van der Waals surface area (Å²) in [5.41, 5.74) is 0. The molecule has 0 saturated carbocycles. The Morgan fingerprint density at radius 1 is 0.213 bits per heavy atom. The monoisotopic (exact) mass is 1060 g/mol. The van der Waals surface area contributed by atoms with Gasteiger partial charge in [0.15, 0.2) is 6.10 Å². The number of rotatable bonds is 65. The second kappa shape index (κ2) is 64.9. The first-order valence-electron chi connectivity index (χ1n) is 34.5. The van der Waals surface area contributed by atoms with E-state index >= 15 is 0 Å². The summed E-state index contributed by atoms with van der Waals surface area (Å²) in [5.74, 6) is -0.818. The van der Waals surface area contributed by atoms with E-state index in [4.69, 9.17) is 14.2 Å². The highest BCUT2D eigenvalue weighted by atomic mass is 16.6. The molecule has 0 radical (unpaired) electrons. The molecule has 0 saturated heterocycles. The first-order valence-corrected chi connectivity index (χ1v) is 34.5. The van der Waals surface area contributed by atoms with Crippen LogP contribution in [0, 0.1) is 0 Å². The Labute approximate surface area is 469 Å². The molecular weight excluding hydrogens is 925 g/mol. The molecule has 1 atom stereocenters. The minimum Gasteiger partial charge on any atom is -0.462 e. The van der Waals surface area contributed by atoms with Crippen molar-refractivity contribution in [3.05, 3.63) is 0 Å². The molecule has 0 bridgehead atoms.